The van der Waals surface area contributed by atoms with Crippen molar-refractivity contribution < 1.29 is 0 Å². The van der Waals surface area contributed by atoms with Crippen molar-refractivity contribution in [1.29, 1.82) is 0 Å². The molecule has 1 aromatic heterocycles. The van der Waals surface area contributed by atoms with Gasteiger partial charge in [0, 0.05) is 33.1 Å². The van der Waals surface area contributed by atoms with Crippen molar-refractivity contribution in [3.8, 4) is 10.6 Å². The number of hydrogen-bond donors (Lipinski definition) is 1. The molecule has 21 heavy (non-hydrogen) atoms. The van der Waals surface area contributed by atoms with Crippen molar-refractivity contribution >= 4 is 34.5 Å². The largest absolute Gasteiger partial charge is 0.309 e. The van der Waals surface area contributed by atoms with Crippen LogP contribution in [0.4, 0.5) is 0 Å². The summed E-state index contributed by atoms with van der Waals surface area (Å²) in [6.07, 6.45) is 4.74. The molecular weight excluding hydrogens is 323 g/mol. The number of aromatic nitrogens is 1. The average Bonchev–Trinajstić information content (AvgIpc) is 3.17. The van der Waals surface area contributed by atoms with Crippen molar-refractivity contribution in [3.63, 3.8) is 0 Å². The van der Waals surface area contributed by atoms with Crippen LogP contribution in [0.1, 0.15) is 36.8 Å². The fourth-order valence-corrected chi connectivity index (χ4v) is 3.85. The first kappa shape index (κ1) is 15.3. The van der Waals surface area contributed by atoms with Gasteiger partial charge in [-0.3, -0.25) is 0 Å². The highest BCUT2D eigenvalue weighted by atomic mass is 35.5. The smallest absolute Gasteiger partial charge is 0.124 e. The van der Waals surface area contributed by atoms with Gasteiger partial charge in [0.15, 0.2) is 0 Å². The summed E-state index contributed by atoms with van der Waals surface area (Å²) in [6.45, 7) is 3.11. The van der Waals surface area contributed by atoms with Crippen LogP contribution in [0.25, 0.3) is 10.6 Å². The summed E-state index contributed by atoms with van der Waals surface area (Å²) in [7, 11) is 0. The topological polar surface area (TPSA) is 24.9 Å². The molecular formula is C16H18Cl2N2S. The molecule has 1 N–H and O–H groups in total. The Morgan fingerprint density at radius 2 is 1.95 bits per heavy atom. The molecule has 0 atom stereocenters. The second kappa shape index (κ2) is 6.66. The van der Waals surface area contributed by atoms with Gasteiger partial charge in [0.05, 0.1) is 5.69 Å². The van der Waals surface area contributed by atoms with Crippen molar-refractivity contribution in [2.75, 3.05) is 0 Å². The first-order chi connectivity index (χ1) is 10.2. The summed E-state index contributed by atoms with van der Waals surface area (Å²) < 4.78 is 0. The van der Waals surface area contributed by atoms with Gasteiger partial charge in [-0.05, 0) is 37.5 Å². The van der Waals surface area contributed by atoms with Gasteiger partial charge in [0.1, 0.15) is 5.01 Å². The monoisotopic (exact) mass is 340 g/mol. The zero-order chi connectivity index (χ0) is 14.8. The third-order valence-corrected chi connectivity index (χ3v) is 5.09. The number of nitrogens with zero attached hydrogens (tertiary/aromatic N) is 1. The second-order valence-electron chi connectivity index (χ2n) is 5.45. The van der Waals surface area contributed by atoms with Crippen LogP contribution >= 0.6 is 34.5 Å². The first-order valence-electron chi connectivity index (χ1n) is 7.34. The van der Waals surface area contributed by atoms with Crippen molar-refractivity contribution in [3.05, 3.63) is 38.8 Å². The Kier molecular flexibility index (Phi) is 4.85. The molecule has 0 saturated heterocycles. The summed E-state index contributed by atoms with van der Waals surface area (Å²) in [5.41, 5.74) is 2.22. The standard InChI is InChI=1S/C16H18Cl2N2S/c1-2-3-14-15(9-19-13-4-5-13)21-16(20-14)10-6-11(17)8-12(18)7-10/h6-8,13,19H,2-5,9H2,1H3. The van der Waals surface area contributed by atoms with Crippen molar-refractivity contribution in [2.24, 2.45) is 0 Å². The van der Waals surface area contributed by atoms with E-state index in [0.717, 1.165) is 30.0 Å². The van der Waals surface area contributed by atoms with Crippen LogP contribution in [0, 0.1) is 0 Å². The number of rotatable bonds is 6. The number of thiazole rings is 1. The third-order valence-electron chi connectivity index (χ3n) is 3.50. The third kappa shape index (κ3) is 3.98. The van der Waals surface area contributed by atoms with Gasteiger partial charge < -0.3 is 5.32 Å². The van der Waals surface area contributed by atoms with Gasteiger partial charge in [-0.15, -0.1) is 11.3 Å². The lowest BCUT2D eigenvalue weighted by atomic mass is 10.2. The van der Waals surface area contributed by atoms with Crippen molar-refractivity contribution in [1.82, 2.24) is 10.3 Å². The maximum absolute atomic E-state index is 6.10. The number of aryl methyl sites for hydroxylation is 1. The maximum Gasteiger partial charge on any atom is 0.124 e. The molecule has 1 aromatic carbocycles. The SMILES string of the molecule is CCCc1nc(-c2cc(Cl)cc(Cl)c2)sc1CNC1CC1. The predicted molar refractivity (Wildman–Crippen MR) is 91.4 cm³/mol. The molecule has 0 aliphatic heterocycles. The number of hydrogen-bond acceptors (Lipinski definition) is 3. The quantitative estimate of drug-likeness (QED) is 0.769. The molecule has 2 nitrogen and oxygen atoms in total. The summed E-state index contributed by atoms with van der Waals surface area (Å²) in [4.78, 5) is 6.15. The molecule has 112 valence electrons. The van der Waals surface area contributed by atoms with E-state index in [-0.39, 0.29) is 0 Å². The van der Waals surface area contributed by atoms with Crippen LogP contribution in [0.5, 0.6) is 0 Å². The molecule has 1 heterocycles. The normalized spacial score (nSPS) is 14.6. The van der Waals surface area contributed by atoms with E-state index in [1.54, 1.807) is 17.4 Å². The number of benzene rings is 1. The Labute approximate surface area is 139 Å². The summed E-state index contributed by atoms with van der Waals surface area (Å²) in [5.74, 6) is 0. The molecule has 2 aromatic rings. The van der Waals surface area contributed by atoms with E-state index in [4.69, 9.17) is 28.2 Å². The van der Waals surface area contributed by atoms with Crippen LogP contribution in [0.3, 0.4) is 0 Å². The van der Waals surface area contributed by atoms with E-state index < -0.39 is 0 Å². The van der Waals surface area contributed by atoms with E-state index in [1.165, 1.54) is 23.4 Å². The van der Waals surface area contributed by atoms with E-state index in [0.29, 0.717) is 16.1 Å². The van der Waals surface area contributed by atoms with Gasteiger partial charge in [-0.2, -0.15) is 0 Å². The molecule has 0 amide bonds. The molecule has 5 heteroatoms. The van der Waals surface area contributed by atoms with Gasteiger partial charge >= 0.3 is 0 Å². The van der Waals surface area contributed by atoms with Gasteiger partial charge in [0.2, 0.25) is 0 Å². The Bertz CT molecular complexity index is 615. The van der Waals surface area contributed by atoms with E-state index in [1.807, 2.05) is 12.1 Å². The highest BCUT2D eigenvalue weighted by Crippen LogP contribution is 2.33. The number of halogens is 2. The molecule has 0 spiro atoms. The van der Waals surface area contributed by atoms with Crippen LogP contribution in [0.2, 0.25) is 10.0 Å². The minimum absolute atomic E-state index is 0.655. The zero-order valence-electron chi connectivity index (χ0n) is 12.0. The molecule has 1 fully saturated rings. The van der Waals surface area contributed by atoms with Gasteiger partial charge in [0.25, 0.3) is 0 Å². The van der Waals surface area contributed by atoms with E-state index in [9.17, 15) is 0 Å². The molecule has 1 saturated carbocycles. The Morgan fingerprint density at radius 1 is 1.24 bits per heavy atom. The van der Waals surface area contributed by atoms with Crippen molar-refractivity contribution in [2.45, 2.75) is 45.2 Å². The van der Waals surface area contributed by atoms with Crippen LogP contribution < -0.4 is 5.32 Å². The fourth-order valence-electron chi connectivity index (χ4n) is 2.28. The zero-order valence-corrected chi connectivity index (χ0v) is 14.3. The van der Waals surface area contributed by atoms with Crippen LogP contribution in [-0.4, -0.2) is 11.0 Å². The van der Waals surface area contributed by atoms with Crippen LogP contribution in [-0.2, 0) is 13.0 Å². The summed E-state index contributed by atoms with van der Waals surface area (Å²) >= 11 is 13.9. The Hall–Kier alpha value is -0.610. The summed E-state index contributed by atoms with van der Waals surface area (Å²) in [5, 5.41) is 5.90. The first-order valence-corrected chi connectivity index (χ1v) is 8.91. The lowest BCUT2D eigenvalue weighted by Gasteiger charge is -2.01. The minimum atomic E-state index is 0.655. The Balaban J connectivity index is 1.88. The molecule has 1 aliphatic rings. The second-order valence-corrected chi connectivity index (χ2v) is 7.41. The van der Waals surface area contributed by atoms with Gasteiger partial charge in [-0.1, -0.05) is 36.5 Å². The highest BCUT2D eigenvalue weighted by Gasteiger charge is 2.21. The minimum Gasteiger partial charge on any atom is -0.309 e. The number of nitrogens with one attached hydrogen (secondary N) is 1. The lowest BCUT2D eigenvalue weighted by Crippen LogP contribution is -2.15. The molecule has 0 unspecified atom stereocenters. The fraction of sp³-hybridized carbons (Fsp3) is 0.438. The highest BCUT2D eigenvalue weighted by molar-refractivity contribution is 7.15. The Morgan fingerprint density at radius 3 is 2.57 bits per heavy atom. The molecule has 3 rings (SSSR count). The van der Waals surface area contributed by atoms with E-state index in [2.05, 4.69) is 12.2 Å². The molecule has 0 bridgehead atoms. The average molecular weight is 341 g/mol. The maximum atomic E-state index is 6.10. The predicted octanol–water partition coefficient (Wildman–Crippen LogP) is 5.32. The molecule has 1 aliphatic carbocycles. The molecule has 0 radical (unpaired) electrons. The van der Waals surface area contributed by atoms with E-state index >= 15 is 0 Å². The lowest BCUT2D eigenvalue weighted by molar-refractivity contribution is 0.686. The van der Waals surface area contributed by atoms with Crippen LogP contribution in [0.15, 0.2) is 18.2 Å². The van der Waals surface area contributed by atoms with Gasteiger partial charge in [-0.25, -0.2) is 4.98 Å². The summed E-state index contributed by atoms with van der Waals surface area (Å²) in [6, 6.07) is 6.33.